The number of carbonyl (C=O) groups is 3. The standard InChI is InChI=1S/C20H20ClNO5S/c1-3-26-20(25)17-14(12-6-4-5-7-15(12)21)10-28-18(17)22-16(23)9-27-19(24)13-8-11(13)2/h4-7,10-11,13H,3,8-9H2,1-2H3,(H,22,23). The largest absolute Gasteiger partial charge is 0.462 e. The molecular weight excluding hydrogens is 402 g/mol. The highest BCUT2D eigenvalue weighted by atomic mass is 35.5. The van der Waals surface area contributed by atoms with E-state index in [0.29, 0.717) is 27.1 Å². The molecule has 1 saturated carbocycles. The third kappa shape index (κ3) is 4.54. The Balaban J connectivity index is 1.78. The molecular formula is C20H20ClNO5S. The maximum absolute atomic E-state index is 12.5. The fraction of sp³-hybridized carbons (Fsp3) is 0.350. The molecule has 1 fully saturated rings. The second-order valence-electron chi connectivity index (χ2n) is 6.53. The average molecular weight is 422 g/mol. The van der Waals surface area contributed by atoms with Gasteiger partial charge in [0.25, 0.3) is 5.91 Å². The number of nitrogens with one attached hydrogen (secondary N) is 1. The first-order valence-electron chi connectivity index (χ1n) is 8.92. The molecule has 1 heterocycles. The van der Waals surface area contributed by atoms with Crippen LogP contribution in [0, 0.1) is 11.8 Å². The summed E-state index contributed by atoms with van der Waals surface area (Å²) in [5.74, 6) is -1.24. The number of ether oxygens (including phenoxy) is 2. The monoisotopic (exact) mass is 421 g/mol. The zero-order chi connectivity index (χ0) is 20.3. The van der Waals surface area contributed by atoms with Gasteiger partial charge in [-0.15, -0.1) is 11.3 Å². The molecule has 6 nitrogen and oxygen atoms in total. The third-order valence-electron chi connectivity index (χ3n) is 4.45. The fourth-order valence-electron chi connectivity index (χ4n) is 2.79. The smallest absolute Gasteiger partial charge is 0.341 e. The number of amides is 1. The van der Waals surface area contributed by atoms with Crippen molar-refractivity contribution in [3.05, 3.63) is 40.2 Å². The summed E-state index contributed by atoms with van der Waals surface area (Å²) in [5, 5.41) is 5.19. The first-order chi connectivity index (χ1) is 13.4. The van der Waals surface area contributed by atoms with Gasteiger partial charge < -0.3 is 14.8 Å². The summed E-state index contributed by atoms with van der Waals surface area (Å²) in [5.41, 5.74) is 1.47. The minimum Gasteiger partial charge on any atom is -0.462 e. The molecule has 28 heavy (non-hydrogen) atoms. The van der Waals surface area contributed by atoms with Crippen LogP contribution >= 0.6 is 22.9 Å². The van der Waals surface area contributed by atoms with Crippen molar-refractivity contribution < 1.29 is 23.9 Å². The predicted octanol–water partition coefficient (Wildman–Crippen LogP) is 4.38. The van der Waals surface area contributed by atoms with Gasteiger partial charge in [-0.2, -0.15) is 0 Å². The van der Waals surface area contributed by atoms with Crippen molar-refractivity contribution >= 4 is 45.8 Å². The Labute approximate surface area is 171 Å². The molecule has 1 N–H and O–H groups in total. The highest BCUT2D eigenvalue weighted by molar-refractivity contribution is 7.15. The van der Waals surface area contributed by atoms with Crippen molar-refractivity contribution in [1.82, 2.24) is 0 Å². The van der Waals surface area contributed by atoms with Crippen LogP contribution in [0.2, 0.25) is 5.02 Å². The minimum absolute atomic E-state index is 0.114. The zero-order valence-electron chi connectivity index (χ0n) is 15.5. The van der Waals surface area contributed by atoms with Crippen LogP contribution in [0.3, 0.4) is 0 Å². The number of hydrogen-bond acceptors (Lipinski definition) is 6. The van der Waals surface area contributed by atoms with E-state index >= 15 is 0 Å². The third-order valence-corrected chi connectivity index (χ3v) is 5.67. The summed E-state index contributed by atoms with van der Waals surface area (Å²) in [7, 11) is 0. The Kier molecular flexibility index (Phi) is 6.36. The quantitative estimate of drug-likeness (QED) is 0.671. The lowest BCUT2D eigenvalue weighted by Crippen LogP contribution is -2.22. The maximum Gasteiger partial charge on any atom is 0.341 e. The van der Waals surface area contributed by atoms with Crippen LogP contribution in [-0.4, -0.2) is 31.1 Å². The van der Waals surface area contributed by atoms with Gasteiger partial charge in [-0.05, 0) is 25.3 Å². The van der Waals surface area contributed by atoms with Crippen molar-refractivity contribution in [1.29, 1.82) is 0 Å². The van der Waals surface area contributed by atoms with Gasteiger partial charge in [0.05, 0.1) is 12.5 Å². The molecule has 1 amide bonds. The van der Waals surface area contributed by atoms with Crippen molar-refractivity contribution in [2.75, 3.05) is 18.5 Å². The molecule has 1 aromatic heterocycles. The highest BCUT2D eigenvalue weighted by Crippen LogP contribution is 2.40. The second-order valence-corrected chi connectivity index (χ2v) is 7.82. The molecule has 2 aromatic rings. The van der Waals surface area contributed by atoms with E-state index in [-0.39, 0.29) is 24.1 Å². The fourth-order valence-corrected chi connectivity index (χ4v) is 3.99. The maximum atomic E-state index is 12.5. The van der Waals surface area contributed by atoms with Gasteiger partial charge in [-0.25, -0.2) is 4.79 Å². The van der Waals surface area contributed by atoms with Gasteiger partial charge in [0.2, 0.25) is 0 Å². The normalized spacial score (nSPS) is 17.7. The van der Waals surface area contributed by atoms with E-state index in [2.05, 4.69) is 5.32 Å². The predicted molar refractivity (Wildman–Crippen MR) is 108 cm³/mol. The molecule has 1 aromatic carbocycles. The van der Waals surface area contributed by atoms with Crippen LogP contribution in [0.25, 0.3) is 11.1 Å². The highest BCUT2D eigenvalue weighted by Gasteiger charge is 2.40. The van der Waals surface area contributed by atoms with Gasteiger partial charge >= 0.3 is 11.9 Å². The van der Waals surface area contributed by atoms with E-state index < -0.39 is 18.5 Å². The Morgan fingerprint density at radius 2 is 1.93 bits per heavy atom. The Bertz CT molecular complexity index is 910. The van der Waals surface area contributed by atoms with Crippen LogP contribution in [-0.2, 0) is 19.1 Å². The van der Waals surface area contributed by atoms with Crippen molar-refractivity contribution in [3.8, 4) is 11.1 Å². The molecule has 148 valence electrons. The lowest BCUT2D eigenvalue weighted by atomic mass is 10.0. The number of esters is 2. The molecule has 1 aliphatic carbocycles. The number of hydrogen-bond donors (Lipinski definition) is 1. The van der Waals surface area contributed by atoms with Gasteiger partial charge in [-0.1, -0.05) is 36.7 Å². The Morgan fingerprint density at radius 1 is 1.21 bits per heavy atom. The van der Waals surface area contributed by atoms with Gasteiger partial charge in [0, 0.05) is 21.5 Å². The first-order valence-corrected chi connectivity index (χ1v) is 10.2. The van der Waals surface area contributed by atoms with Gasteiger partial charge in [0.15, 0.2) is 6.61 Å². The van der Waals surface area contributed by atoms with Crippen molar-refractivity contribution in [2.45, 2.75) is 20.3 Å². The molecule has 8 heteroatoms. The average Bonchev–Trinajstić information content (AvgIpc) is 3.26. The Morgan fingerprint density at radius 3 is 2.57 bits per heavy atom. The topological polar surface area (TPSA) is 81.7 Å². The number of halogens is 1. The molecule has 0 bridgehead atoms. The molecule has 3 rings (SSSR count). The van der Waals surface area contributed by atoms with E-state index in [4.69, 9.17) is 21.1 Å². The van der Waals surface area contributed by atoms with Crippen LogP contribution < -0.4 is 5.32 Å². The number of anilines is 1. The van der Waals surface area contributed by atoms with Gasteiger partial charge in [0.1, 0.15) is 10.6 Å². The zero-order valence-corrected chi connectivity index (χ0v) is 17.1. The number of carbonyl (C=O) groups excluding carboxylic acids is 3. The molecule has 0 radical (unpaired) electrons. The van der Waals surface area contributed by atoms with E-state index in [1.165, 1.54) is 11.3 Å². The lowest BCUT2D eigenvalue weighted by molar-refractivity contribution is -0.148. The van der Waals surface area contributed by atoms with Crippen LogP contribution in [0.5, 0.6) is 0 Å². The van der Waals surface area contributed by atoms with Gasteiger partial charge in [-0.3, -0.25) is 9.59 Å². The second kappa shape index (κ2) is 8.75. The van der Waals surface area contributed by atoms with Crippen molar-refractivity contribution in [2.24, 2.45) is 11.8 Å². The Hall–Kier alpha value is -2.38. The van der Waals surface area contributed by atoms with E-state index in [1.807, 2.05) is 13.0 Å². The summed E-state index contributed by atoms with van der Waals surface area (Å²) < 4.78 is 10.2. The van der Waals surface area contributed by atoms with Crippen LogP contribution in [0.1, 0.15) is 30.6 Å². The number of benzene rings is 1. The summed E-state index contributed by atoms with van der Waals surface area (Å²) in [4.78, 5) is 36.5. The van der Waals surface area contributed by atoms with E-state index in [1.54, 1.807) is 30.5 Å². The molecule has 0 spiro atoms. The number of thiophene rings is 1. The van der Waals surface area contributed by atoms with E-state index in [0.717, 1.165) is 6.42 Å². The first kappa shape index (κ1) is 20.4. The van der Waals surface area contributed by atoms with Crippen LogP contribution in [0.4, 0.5) is 5.00 Å². The molecule has 1 aliphatic rings. The van der Waals surface area contributed by atoms with Crippen molar-refractivity contribution in [3.63, 3.8) is 0 Å². The summed E-state index contributed by atoms with van der Waals surface area (Å²) in [6, 6.07) is 7.11. The molecule has 0 saturated heterocycles. The van der Waals surface area contributed by atoms with E-state index in [9.17, 15) is 14.4 Å². The summed E-state index contributed by atoms with van der Waals surface area (Å²) in [6.45, 7) is 3.46. The number of rotatable bonds is 7. The summed E-state index contributed by atoms with van der Waals surface area (Å²) in [6.07, 6.45) is 0.791. The molecule has 2 atom stereocenters. The lowest BCUT2D eigenvalue weighted by Gasteiger charge is -2.10. The molecule has 2 unspecified atom stereocenters. The molecule has 0 aliphatic heterocycles. The minimum atomic E-state index is -0.558. The summed E-state index contributed by atoms with van der Waals surface area (Å²) >= 11 is 7.45. The van der Waals surface area contributed by atoms with Crippen LogP contribution in [0.15, 0.2) is 29.6 Å². The SMILES string of the molecule is CCOC(=O)c1c(-c2ccccc2Cl)csc1NC(=O)COC(=O)C1CC1C.